The Morgan fingerprint density at radius 3 is 2.00 bits per heavy atom. The summed E-state index contributed by atoms with van der Waals surface area (Å²) in [5.41, 5.74) is 3.92. The van der Waals surface area contributed by atoms with Gasteiger partial charge in [-0.25, -0.2) is 4.90 Å². The van der Waals surface area contributed by atoms with Crippen LogP contribution in [0.3, 0.4) is 0 Å². The van der Waals surface area contributed by atoms with Gasteiger partial charge >= 0.3 is 5.97 Å². The Labute approximate surface area is 196 Å². The number of ether oxygens (including phenoxy) is 1. The van der Waals surface area contributed by atoms with E-state index < -0.39 is 11.9 Å². The van der Waals surface area contributed by atoms with Gasteiger partial charge in [0.25, 0.3) is 11.8 Å². The first kappa shape index (κ1) is 21.6. The first-order valence-electron chi connectivity index (χ1n) is 11.0. The molecule has 34 heavy (non-hydrogen) atoms. The highest BCUT2D eigenvalue weighted by Gasteiger charge is 2.38. The molecular formula is C27H22N2O5. The second-order valence-corrected chi connectivity index (χ2v) is 8.55. The zero-order valence-corrected chi connectivity index (χ0v) is 18.8. The fourth-order valence-electron chi connectivity index (χ4n) is 4.60. The maximum absolute atomic E-state index is 12.8. The molecule has 170 valence electrons. The third kappa shape index (κ3) is 3.55. The highest BCUT2D eigenvalue weighted by molar-refractivity contribution is 6.34. The molecule has 0 aromatic heterocycles. The van der Waals surface area contributed by atoms with E-state index in [0.29, 0.717) is 16.8 Å². The molecular weight excluding hydrogens is 432 g/mol. The molecule has 0 saturated carbocycles. The van der Waals surface area contributed by atoms with Gasteiger partial charge in [-0.2, -0.15) is 0 Å². The number of hydrogen-bond acceptors (Lipinski definition) is 5. The number of imide groups is 1. The van der Waals surface area contributed by atoms with Gasteiger partial charge in [0.15, 0.2) is 0 Å². The fraction of sp³-hybridized carbons (Fsp3) is 0.185. The molecule has 2 aliphatic heterocycles. The van der Waals surface area contributed by atoms with Crippen LogP contribution in [-0.4, -0.2) is 30.2 Å². The maximum atomic E-state index is 12.8. The van der Waals surface area contributed by atoms with Gasteiger partial charge in [0.2, 0.25) is 5.91 Å². The third-order valence-corrected chi connectivity index (χ3v) is 6.28. The van der Waals surface area contributed by atoms with Crippen molar-refractivity contribution in [1.29, 1.82) is 0 Å². The summed E-state index contributed by atoms with van der Waals surface area (Å²) in [4.78, 5) is 53.5. The minimum atomic E-state index is -0.581. The van der Waals surface area contributed by atoms with Crippen molar-refractivity contribution in [2.75, 3.05) is 16.3 Å². The molecule has 3 amide bonds. The van der Waals surface area contributed by atoms with Crippen LogP contribution in [-0.2, 0) is 9.59 Å². The molecule has 1 saturated heterocycles. The largest absolute Gasteiger partial charge is 0.426 e. The SMILES string of the molecule is Cc1cccc(C)c1N1C[C@H](C(=O)Oc2ccc(N3C(=O)c4ccccc4C3=O)cc2)CC1=O. The maximum Gasteiger partial charge on any atom is 0.316 e. The number of benzene rings is 3. The van der Waals surface area contributed by atoms with E-state index in [4.69, 9.17) is 4.74 Å². The van der Waals surface area contributed by atoms with Gasteiger partial charge < -0.3 is 9.64 Å². The second kappa shape index (κ2) is 8.26. The van der Waals surface area contributed by atoms with Crippen molar-refractivity contribution in [1.82, 2.24) is 0 Å². The van der Waals surface area contributed by atoms with Crippen molar-refractivity contribution in [3.8, 4) is 5.75 Å². The van der Waals surface area contributed by atoms with Crippen LogP contribution < -0.4 is 14.5 Å². The molecule has 0 radical (unpaired) electrons. The normalized spacial score (nSPS) is 17.4. The van der Waals surface area contributed by atoms with Gasteiger partial charge in [-0.1, -0.05) is 30.3 Å². The summed E-state index contributed by atoms with van der Waals surface area (Å²) >= 11 is 0. The number of nitrogens with zero attached hydrogens (tertiary/aromatic N) is 2. The average Bonchev–Trinajstić information content (AvgIpc) is 3.32. The summed E-state index contributed by atoms with van der Waals surface area (Å²) in [5, 5.41) is 0. The van der Waals surface area contributed by atoms with Crippen LogP contribution in [0.15, 0.2) is 66.7 Å². The molecule has 0 bridgehead atoms. The predicted molar refractivity (Wildman–Crippen MR) is 126 cm³/mol. The third-order valence-electron chi connectivity index (χ3n) is 6.28. The van der Waals surface area contributed by atoms with Gasteiger partial charge in [-0.15, -0.1) is 0 Å². The number of esters is 1. The summed E-state index contributed by atoms with van der Waals surface area (Å²) in [7, 11) is 0. The van der Waals surface area contributed by atoms with E-state index in [1.54, 1.807) is 41.3 Å². The lowest BCUT2D eigenvalue weighted by atomic mass is 10.1. The molecule has 0 unspecified atom stereocenters. The number of carbonyl (C=O) groups excluding carboxylic acids is 4. The summed E-state index contributed by atoms with van der Waals surface area (Å²) in [6.45, 7) is 4.14. The minimum absolute atomic E-state index is 0.0831. The Kier molecular flexibility index (Phi) is 5.24. The second-order valence-electron chi connectivity index (χ2n) is 8.55. The first-order chi connectivity index (χ1) is 16.3. The van der Waals surface area contributed by atoms with Gasteiger partial charge in [-0.05, 0) is 61.4 Å². The molecule has 0 aliphatic carbocycles. The zero-order chi connectivity index (χ0) is 24.0. The van der Waals surface area contributed by atoms with Crippen LogP contribution in [0.1, 0.15) is 38.3 Å². The lowest BCUT2D eigenvalue weighted by Gasteiger charge is -2.21. The van der Waals surface area contributed by atoms with Crippen molar-refractivity contribution >= 4 is 35.1 Å². The number of aryl methyl sites for hydroxylation is 2. The van der Waals surface area contributed by atoms with Crippen LogP contribution in [0.2, 0.25) is 0 Å². The number of para-hydroxylation sites is 1. The molecule has 2 heterocycles. The number of carbonyl (C=O) groups is 4. The van der Waals surface area contributed by atoms with Crippen molar-refractivity contribution in [3.63, 3.8) is 0 Å². The standard InChI is InChI=1S/C27H22N2O5/c1-16-6-5-7-17(2)24(16)28-15-18(14-23(28)30)27(33)34-20-12-10-19(11-13-20)29-25(31)21-8-3-4-9-22(21)26(29)32/h3-13,18H,14-15H2,1-2H3/t18-/m1/s1. The summed E-state index contributed by atoms with van der Waals surface area (Å²) in [6.07, 6.45) is 0.0831. The van der Waals surface area contributed by atoms with E-state index >= 15 is 0 Å². The van der Waals surface area contributed by atoms with Crippen LogP contribution in [0.5, 0.6) is 5.75 Å². The van der Waals surface area contributed by atoms with Gasteiger partial charge in [0.05, 0.1) is 22.7 Å². The molecule has 0 spiro atoms. The van der Waals surface area contributed by atoms with Gasteiger partial charge in [0.1, 0.15) is 5.75 Å². The lowest BCUT2D eigenvalue weighted by molar-refractivity contribution is -0.139. The van der Waals surface area contributed by atoms with Crippen LogP contribution >= 0.6 is 0 Å². The Morgan fingerprint density at radius 2 is 1.41 bits per heavy atom. The molecule has 2 aliphatic rings. The number of anilines is 2. The van der Waals surface area contributed by atoms with Crippen molar-refractivity contribution in [3.05, 3.63) is 89.0 Å². The van der Waals surface area contributed by atoms with Crippen molar-refractivity contribution in [2.24, 2.45) is 5.92 Å². The lowest BCUT2D eigenvalue weighted by Crippen LogP contribution is -2.29. The number of amides is 3. The zero-order valence-electron chi connectivity index (χ0n) is 18.8. The minimum Gasteiger partial charge on any atom is -0.426 e. The van der Waals surface area contributed by atoms with Crippen molar-refractivity contribution in [2.45, 2.75) is 20.3 Å². The molecule has 1 atom stereocenters. The fourth-order valence-corrected chi connectivity index (χ4v) is 4.60. The first-order valence-corrected chi connectivity index (χ1v) is 11.0. The van der Waals surface area contributed by atoms with Crippen molar-refractivity contribution < 1.29 is 23.9 Å². The van der Waals surface area contributed by atoms with Crippen LogP contribution in [0.4, 0.5) is 11.4 Å². The summed E-state index contributed by atoms with van der Waals surface area (Å²) < 4.78 is 5.52. The Hall–Kier alpha value is -4.26. The Morgan fingerprint density at radius 1 is 0.824 bits per heavy atom. The van der Waals surface area contributed by atoms with E-state index in [2.05, 4.69) is 0 Å². The van der Waals surface area contributed by atoms with Gasteiger partial charge in [0, 0.05) is 18.7 Å². The van der Waals surface area contributed by atoms with E-state index in [1.165, 1.54) is 12.1 Å². The quantitative estimate of drug-likeness (QED) is 0.337. The molecule has 3 aromatic carbocycles. The topological polar surface area (TPSA) is 84.0 Å². The molecule has 3 aromatic rings. The summed E-state index contributed by atoms with van der Waals surface area (Å²) in [5.74, 6) is -1.68. The van der Waals surface area contributed by atoms with Gasteiger partial charge in [-0.3, -0.25) is 19.2 Å². The Balaban J connectivity index is 1.28. The van der Waals surface area contributed by atoms with Crippen LogP contribution in [0, 0.1) is 19.8 Å². The number of fused-ring (bicyclic) bond motifs is 1. The Bertz CT molecular complexity index is 1290. The van der Waals surface area contributed by atoms with Crippen LogP contribution in [0.25, 0.3) is 0 Å². The highest BCUT2D eigenvalue weighted by atomic mass is 16.5. The smallest absolute Gasteiger partial charge is 0.316 e. The van der Waals surface area contributed by atoms with E-state index in [0.717, 1.165) is 21.7 Å². The monoisotopic (exact) mass is 454 g/mol. The highest BCUT2D eigenvalue weighted by Crippen LogP contribution is 2.32. The molecule has 1 fully saturated rings. The number of rotatable bonds is 4. The summed E-state index contributed by atoms with van der Waals surface area (Å²) in [6, 6.07) is 18.7. The molecule has 7 nitrogen and oxygen atoms in total. The number of hydrogen-bond donors (Lipinski definition) is 0. The molecule has 5 rings (SSSR count). The van der Waals surface area contributed by atoms with E-state index in [1.807, 2.05) is 32.0 Å². The molecule has 0 N–H and O–H groups in total. The van der Waals surface area contributed by atoms with E-state index in [-0.39, 0.29) is 36.4 Å². The molecule has 7 heteroatoms. The predicted octanol–water partition coefficient (Wildman–Crippen LogP) is 4.06. The van der Waals surface area contributed by atoms with E-state index in [9.17, 15) is 19.2 Å². The average molecular weight is 454 g/mol.